The Morgan fingerprint density at radius 3 is 2.63 bits per heavy atom. The second kappa shape index (κ2) is 5.95. The van der Waals surface area contributed by atoms with Gasteiger partial charge in [-0.2, -0.15) is 13.2 Å². The topological polar surface area (TPSA) is 100 Å². The average Bonchev–Trinajstić information content (AvgIpc) is 3.03. The van der Waals surface area contributed by atoms with Crippen LogP contribution in [0.15, 0.2) is 12.3 Å². The number of anilines is 1. The van der Waals surface area contributed by atoms with Gasteiger partial charge in [-0.25, -0.2) is 4.98 Å². The van der Waals surface area contributed by atoms with E-state index in [2.05, 4.69) is 20.5 Å². The summed E-state index contributed by atoms with van der Waals surface area (Å²) in [4.78, 5) is 3.75. The smallest absolute Gasteiger partial charge is 0.418 e. The third kappa shape index (κ3) is 3.25. The molecule has 1 saturated carbocycles. The summed E-state index contributed by atoms with van der Waals surface area (Å²) in [7, 11) is 0. The van der Waals surface area contributed by atoms with Crippen LogP contribution in [-0.2, 0) is 12.6 Å². The highest BCUT2D eigenvalue weighted by molar-refractivity contribution is 5.72. The zero-order chi connectivity index (χ0) is 19.4. The fourth-order valence-corrected chi connectivity index (χ4v) is 3.47. The Bertz CT molecular complexity index is 894. The lowest BCUT2D eigenvalue weighted by atomic mass is 9.77. The summed E-state index contributed by atoms with van der Waals surface area (Å²) in [6.45, 7) is 2.12. The maximum absolute atomic E-state index is 12.8. The van der Waals surface area contributed by atoms with Crippen molar-refractivity contribution in [2.75, 3.05) is 11.9 Å². The van der Waals surface area contributed by atoms with E-state index >= 15 is 0 Å². The van der Waals surface area contributed by atoms with Crippen LogP contribution in [-0.4, -0.2) is 43.6 Å². The highest BCUT2D eigenvalue weighted by Gasteiger charge is 2.39. The number of nitrogens with one attached hydrogen (secondary N) is 1. The Morgan fingerprint density at radius 2 is 2.00 bits per heavy atom. The summed E-state index contributed by atoms with van der Waals surface area (Å²) in [6, 6.07) is 0.653. The first kappa shape index (κ1) is 17.8. The minimum Gasteiger partial charge on any atom is -0.506 e. The van der Waals surface area contributed by atoms with Crippen molar-refractivity contribution < 1.29 is 28.1 Å². The minimum absolute atomic E-state index is 0.0334. The number of hydrogen-bond acceptors (Lipinski definition) is 7. The molecule has 0 saturated heterocycles. The zero-order valence-electron chi connectivity index (χ0n) is 14.3. The SMILES string of the molecule is CC1(O)CC(Nc2nnc(-c3ncc(C(F)(F)F)cc3O)c3c2OCC3)C1. The van der Waals surface area contributed by atoms with Gasteiger partial charge < -0.3 is 20.3 Å². The van der Waals surface area contributed by atoms with Gasteiger partial charge in [-0.3, -0.25) is 0 Å². The van der Waals surface area contributed by atoms with E-state index in [1.807, 2.05) is 0 Å². The Kier molecular flexibility index (Phi) is 3.91. The number of hydrogen-bond donors (Lipinski definition) is 3. The van der Waals surface area contributed by atoms with Gasteiger partial charge in [0.25, 0.3) is 0 Å². The number of ether oxygens (including phenoxy) is 1. The molecule has 1 aliphatic heterocycles. The van der Waals surface area contributed by atoms with Crippen molar-refractivity contribution in [3.63, 3.8) is 0 Å². The normalized spacial score (nSPS) is 24.1. The van der Waals surface area contributed by atoms with Gasteiger partial charge in [0.2, 0.25) is 0 Å². The van der Waals surface area contributed by atoms with Crippen LogP contribution in [0.3, 0.4) is 0 Å². The number of alkyl halides is 3. The fraction of sp³-hybridized carbons (Fsp3) is 0.471. The first-order chi connectivity index (χ1) is 12.6. The molecule has 0 unspecified atom stereocenters. The highest BCUT2D eigenvalue weighted by atomic mass is 19.4. The van der Waals surface area contributed by atoms with E-state index in [0.29, 0.717) is 55.3 Å². The van der Waals surface area contributed by atoms with Crippen LogP contribution in [0.4, 0.5) is 19.0 Å². The minimum atomic E-state index is -4.60. The number of rotatable bonds is 3. The van der Waals surface area contributed by atoms with E-state index < -0.39 is 23.1 Å². The molecule has 0 amide bonds. The van der Waals surface area contributed by atoms with Crippen molar-refractivity contribution in [1.29, 1.82) is 0 Å². The lowest BCUT2D eigenvalue weighted by Gasteiger charge is -2.41. The molecular weight excluding hydrogens is 365 g/mol. The average molecular weight is 382 g/mol. The van der Waals surface area contributed by atoms with Gasteiger partial charge in [0.05, 0.1) is 17.8 Å². The van der Waals surface area contributed by atoms with Gasteiger partial charge in [0.15, 0.2) is 11.6 Å². The molecule has 3 heterocycles. The second-order valence-electron chi connectivity index (χ2n) is 7.14. The summed E-state index contributed by atoms with van der Waals surface area (Å²) >= 11 is 0. The molecule has 0 spiro atoms. The van der Waals surface area contributed by atoms with Crippen molar-refractivity contribution in [2.45, 2.75) is 44.0 Å². The van der Waals surface area contributed by atoms with Crippen molar-refractivity contribution in [1.82, 2.24) is 15.2 Å². The Morgan fingerprint density at radius 1 is 1.26 bits per heavy atom. The maximum Gasteiger partial charge on any atom is 0.418 e. The molecular formula is C17H17F3N4O3. The van der Waals surface area contributed by atoms with Crippen molar-refractivity contribution >= 4 is 5.82 Å². The molecule has 0 bridgehead atoms. The van der Waals surface area contributed by atoms with Gasteiger partial charge in [-0.05, 0) is 25.8 Å². The molecule has 1 fully saturated rings. The van der Waals surface area contributed by atoms with Crippen molar-refractivity contribution in [2.24, 2.45) is 0 Å². The van der Waals surface area contributed by atoms with Gasteiger partial charge >= 0.3 is 6.18 Å². The Labute approximate surface area is 152 Å². The molecule has 10 heteroatoms. The second-order valence-corrected chi connectivity index (χ2v) is 7.14. The van der Waals surface area contributed by atoms with E-state index in [1.54, 1.807) is 6.92 Å². The third-order valence-corrected chi connectivity index (χ3v) is 4.76. The number of pyridine rings is 1. The fourth-order valence-electron chi connectivity index (χ4n) is 3.47. The van der Waals surface area contributed by atoms with Gasteiger partial charge in [-0.15, -0.1) is 10.2 Å². The molecule has 0 radical (unpaired) electrons. The van der Waals surface area contributed by atoms with Crippen LogP contribution in [0.2, 0.25) is 0 Å². The standard InChI is InChI=1S/C17H17F3N4O3/c1-16(26)5-9(6-16)22-15-14-10(2-3-27-14)12(23-24-15)13-11(25)4-8(7-21-13)17(18,19)20/h4,7,9,25-26H,2-3,5-6H2,1H3,(H,22,24). The van der Waals surface area contributed by atoms with E-state index in [0.717, 1.165) is 0 Å². The lowest BCUT2D eigenvalue weighted by molar-refractivity contribution is -0.137. The van der Waals surface area contributed by atoms with E-state index in [9.17, 15) is 23.4 Å². The Balaban J connectivity index is 1.66. The number of aromatic hydroxyl groups is 1. The number of nitrogens with zero attached hydrogens (tertiary/aromatic N) is 3. The summed E-state index contributed by atoms with van der Waals surface area (Å²) in [5.41, 5.74) is -0.998. The molecule has 0 atom stereocenters. The first-order valence-corrected chi connectivity index (χ1v) is 8.42. The molecule has 7 nitrogen and oxygen atoms in total. The first-order valence-electron chi connectivity index (χ1n) is 8.42. The van der Waals surface area contributed by atoms with Crippen LogP contribution < -0.4 is 10.1 Å². The van der Waals surface area contributed by atoms with Crippen molar-refractivity contribution in [3.8, 4) is 22.9 Å². The number of aromatic nitrogens is 3. The van der Waals surface area contributed by atoms with Gasteiger partial charge in [-0.1, -0.05) is 0 Å². The van der Waals surface area contributed by atoms with Crippen LogP contribution in [0, 0.1) is 0 Å². The van der Waals surface area contributed by atoms with E-state index in [4.69, 9.17) is 4.74 Å². The molecule has 2 aliphatic rings. The lowest BCUT2D eigenvalue weighted by Crippen LogP contribution is -2.48. The van der Waals surface area contributed by atoms with Crippen LogP contribution >= 0.6 is 0 Å². The summed E-state index contributed by atoms with van der Waals surface area (Å²) in [6.07, 6.45) is -2.35. The van der Waals surface area contributed by atoms with Gasteiger partial charge in [0.1, 0.15) is 17.1 Å². The molecule has 1 aliphatic carbocycles. The highest BCUT2D eigenvalue weighted by Crippen LogP contribution is 2.42. The maximum atomic E-state index is 12.8. The quantitative estimate of drug-likeness (QED) is 0.750. The molecule has 3 N–H and O–H groups in total. The van der Waals surface area contributed by atoms with E-state index in [1.165, 1.54) is 0 Å². The molecule has 2 aromatic heterocycles. The number of fused-ring (bicyclic) bond motifs is 1. The third-order valence-electron chi connectivity index (χ3n) is 4.76. The Hall–Kier alpha value is -2.62. The monoisotopic (exact) mass is 382 g/mol. The van der Waals surface area contributed by atoms with Crippen LogP contribution in [0.25, 0.3) is 11.4 Å². The molecule has 2 aromatic rings. The molecule has 4 rings (SSSR count). The molecule has 0 aromatic carbocycles. The predicted molar refractivity (Wildman–Crippen MR) is 88.4 cm³/mol. The van der Waals surface area contributed by atoms with E-state index in [-0.39, 0.29) is 17.4 Å². The zero-order valence-corrected chi connectivity index (χ0v) is 14.3. The number of halogens is 3. The van der Waals surface area contributed by atoms with Crippen LogP contribution in [0.5, 0.6) is 11.5 Å². The largest absolute Gasteiger partial charge is 0.506 e. The summed E-state index contributed by atoms with van der Waals surface area (Å²) in [5.74, 6) is 0.245. The number of aliphatic hydroxyl groups is 1. The molecule has 27 heavy (non-hydrogen) atoms. The molecule has 144 valence electrons. The van der Waals surface area contributed by atoms with Crippen molar-refractivity contribution in [3.05, 3.63) is 23.4 Å². The predicted octanol–water partition coefficient (Wildman–Crippen LogP) is 2.52. The van der Waals surface area contributed by atoms with Gasteiger partial charge in [0, 0.05) is 24.2 Å². The van der Waals surface area contributed by atoms with Crippen LogP contribution in [0.1, 0.15) is 30.9 Å². The summed E-state index contributed by atoms with van der Waals surface area (Å²) in [5, 5.41) is 31.2. The summed E-state index contributed by atoms with van der Waals surface area (Å²) < 4.78 is 43.9.